The van der Waals surface area contributed by atoms with Gasteiger partial charge in [-0.2, -0.15) is 5.10 Å². The number of carbonyl (C=O) groups excluding carboxylic acids is 1. The van der Waals surface area contributed by atoms with E-state index in [4.69, 9.17) is 0 Å². The molecule has 0 saturated heterocycles. The van der Waals surface area contributed by atoms with Gasteiger partial charge in [0.15, 0.2) is 0 Å². The van der Waals surface area contributed by atoms with Crippen LogP contribution < -0.4 is 0 Å². The fourth-order valence-corrected chi connectivity index (χ4v) is 5.56. The maximum atomic E-state index is 13.2. The third kappa shape index (κ3) is 3.65. The summed E-state index contributed by atoms with van der Waals surface area (Å²) in [6.45, 7) is 5.02. The van der Waals surface area contributed by atoms with Gasteiger partial charge in [0.05, 0.1) is 5.69 Å². The molecule has 5 rings (SSSR count). The van der Waals surface area contributed by atoms with E-state index in [1.54, 1.807) is 0 Å². The maximum absolute atomic E-state index is 13.2. The minimum Gasteiger partial charge on any atom is -0.396 e. The number of hydrogen-bond acceptors (Lipinski definition) is 3. The number of aliphatic hydroxyl groups is 1. The zero-order valence-corrected chi connectivity index (χ0v) is 19.1. The van der Waals surface area contributed by atoms with Gasteiger partial charge in [0.2, 0.25) is 0 Å². The SMILES string of the molecule is Cc1cc2c(cc1Cc1ccc(-c3cn(C)nc3C)cc1)C(=O)N([C@H]1CCC[C@@H]1CO)C2. The lowest BCUT2D eigenvalue weighted by atomic mass is 9.95. The van der Waals surface area contributed by atoms with E-state index in [-0.39, 0.29) is 24.5 Å². The second-order valence-corrected chi connectivity index (χ2v) is 9.49. The zero-order valence-electron chi connectivity index (χ0n) is 19.1. The molecule has 2 heterocycles. The van der Waals surface area contributed by atoms with Crippen LogP contribution in [0.5, 0.6) is 0 Å². The Morgan fingerprint density at radius 1 is 1.09 bits per heavy atom. The largest absolute Gasteiger partial charge is 0.396 e. The molecule has 0 unspecified atom stereocenters. The van der Waals surface area contributed by atoms with Crippen LogP contribution in [0.3, 0.4) is 0 Å². The highest BCUT2D eigenvalue weighted by atomic mass is 16.3. The van der Waals surface area contributed by atoms with E-state index >= 15 is 0 Å². The molecule has 2 aliphatic rings. The van der Waals surface area contributed by atoms with Crippen LogP contribution in [0.4, 0.5) is 0 Å². The van der Waals surface area contributed by atoms with Crippen LogP contribution >= 0.6 is 0 Å². The van der Waals surface area contributed by atoms with Crippen LogP contribution in [0, 0.1) is 19.8 Å². The van der Waals surface area contributed by atoms with Crippen LogP contribution in [-0.4, -0.2) is 38.3 Å². The van der Waals surface area contributed by atoms with Crippen molar-refractivity contribution in [3.63, 3.8) is 0 Å². The molecule has 2 aromatic carbocycles. The number of nitrogens with zero attached hydrogens (tertiary/aromatic N) is 3. The third-order valence-corrected chi connectivity index (χ3v) is 7.32. The van der Waals surface area contributed by atoms with Gasteiger partial charge in [0.25, 0.3) is 5.91 Å². The first-order valence-electron chi connectivity index (χ1n) is 11.6. The summed E-state index contributed by atoms with van der Waals surface area (Å²) in [6, 6.07) is 13.1. The van der Waals surface area contributed by atoms with Crippen molar-refractivity contribution in [2.75, 3.05) is 6.61 Å². The summed E-state index contributed by atoms with van der Waals surface area (Å²) in [5.41, 5.74) is 9.00. The van der Waals surface area contributed by atoms with Gasteiger partial charge in [0.1, 0.15) is 0 Å². The molecule has 5 nitrogen and oxygen atoms in total. The Morgan fingerprint density at radius 2 is 1.88 bits per heavy atom. The highest BCUT2D eigenvalue weighted by Crippen LogP contribution is 2.36. The van der Waals surface area contributed by atoms with Crippen LogP contribution in [0.1, 0.15) is 57.6 Å². The molecule has 32 heavy (non-hydrogen) atoms. The van der Waals surface area contributed by atoms with Crippen molar-refractivity contribution in [2.24, 2.45) is 13.0 Å². The summed E-state index contributed by atoms with van der Waals surface area (Å²) in [4.78, 5) is 15.2. The minimum absolute atomic E-state index is 0.133. The lowest BCUT2D eigenvalue weighted by Gasteiger charge is -2.28. The van der Waals surface area contributed by atoms with Gasteiger partial charge in [-0.25, -0.2) is 0 Å². The van der Waals surface area contributed by atoms with E-state index in [1.807, 2.05) is 23.6 Å². The Bertz CT molecular complexity index is 1160. The van der Waals surface area contributed by atoms with Crippen molar-refractivity contribution in [3.05, 3.63) is 76.1 Å². The summed E-state index contributed by atoms with van der Waals surface area (Å²) in [7, 11) is 1.95. The van der Waals surface area contributed by atoms with Crippen LogP contribution in [-0.2, 0) is 20.0 Å². The van der Waals surface area contributed by atoms with Gasteiger partial charge in [0, 0.05) is 49.5 Å². The van der Waals surface area contributed by atoms with E-state index in [1.165, 1.54) is 22.3 Å². The summed E-state index contributed by atoms with van der Waals surface area (Å²) < 4.78 is 1.85. The normalized spacial score (nSPS) is 20.2. The Kier molecular flexibility index (Phi) is 5.38. The minimum atomic E-state index is 0.133. The molecular formula is C27H31N3O2. The summed E-state index contributed by atoms with van der Waals surface area (Å²) in [6.07, 6.45) is 5.97. The highest BCUT2D eigenvalue weighted by molar-refractivity contribution is 5.99. The van der Waals surface area contributed by atoms with E-state index in [9.17, 15) is 9.90 Å². The first-order valence-corrected chi connectivity index (χ1v) is 11.6. The van der Waals surface area contributed by atoms with E-state index < -0.39 is 0 Å². The van der Waals surface area contributed by atoms with Crippen molar-refractivity contribution in [2.45, 2.75) is 52.1 Å². The Morgan fingerprint density at radius 3 is 2.56 bits per heavy atom. The summed E-state index contributed by atoms with van der Waals surface area (Å²) in [5, 5.41) is 14.2. The molecule has 5 heteroatoms. The van der Waals surface area contributed by atoms with Crippen LogP contribution in [0.15, 0.2) is 42.6 Å². The molecule has 0 spiro atoms. The lowest BCUT2D eigenvalue weighted by molar-refractivity contribution is 0.0612. The third-order valence-electron chi connectivity index (χ3n) is 7.32. The molecule has 1 aliphatic carbocycles. The molecule has 2 atom stereocenters. The average Bonchev–Trinajstić information content (AvgIpc) is 3.46. The predicted octanol–water partition coefficient (Wildman–Crippen LogP) is 4.41. The number of aliphatic hydroxyl groups excluding tert-OH is 1. The fourth-order valence-electron chi connectivity index (χ4n) is 5.56. The van der Waals surface area contributed by atoms with Gasteiger partial charge in [-0.3, -0.25) is 9.48 Å². The smallest absolute Gasteiger partial charge is 0.254 e. The number of amides is 1. The van der Waals surface area contributed by atoms with E-state index in [0.29, 0.717) is 6.54 Å². The number of carbonyl (C=O) groups is 1. The van der Waals surface area contributed by atoms with Crippen molar-refractivity contribution in [3.8, 4) is 11.1 Å². The Balaban J connectivity index is 1.36. The zero-order chi connectivity index (χ0) is 22.4. The van der Waals surface area contributed by atoms with E-state index in [0.717, 1.165) is 48.1 Å². The molecule has 1 N–H and O–H groups in total. The molecule has 1 saturated carbocycles. The van der Waals surface area contributed by atoms with Crippen molar-refractivity contribution in [1.82, 2.24) is 14.7 Å². The average molecular weight is 430 g/mol. The molecule has 1 aliphatic heterocycles. The molecule has 1 fully saturated rings. The van der Waals surface area contributed by atoms with Crippen LogP contribution in [0.25, 0.3) is 11.1 Å². The van der Waals surface area contributed by atoms with Crippen LogP contribution in [0.2, 0.25) is 0 Å². The number of aryl methyl sites for hydroxylation is 3. The quantitative estimate of drug-likeness (QED) is 0.654. The lowest BCUT2D eigenvalue weighted by Crippen LogP contribution is -2.39. The van der Waals surface area contributed by atoms with Gasteiger partial charge < -0.3 is 10.0 Å². The standard InChI is InChI=1S/C27H31N3O2/c1-17-11-23-14-30(26-6-4-5-21(26)16-31)27(32)24(23)13-22(17)12-19-7-9-20(10-8-19)25-15-29(3)28-18(25)2/h7-11,13,15,21,26,31H,4-6,12,14,16H2,1-3H3/t21-,26+/m1/s1. The van der Waals surface area contributed by atoms with Crippen molar-refractivity contribution >= 4 is 5.91 Å². The predicted molar refractivity (Wildman–Crippen MR) is 125 cm³/mol. The van der Waals surface area contributed by atoms with Crippen molar-refractivity contribution in [1.29, 1.82) is 0 Å². The Hall–Kier alpha value is -2.92. The topological polar surface area (TPSA) is 58.4 Å². The maximum Gasteiger partial charge on any atom is 0.254 e. The number of hydrogen-bond donors (Lipinski definition) is 1. The molecule has 166 valence electrons. The van der Waals surface area contributed by atoms with Crippen molar-refractivity contribution < 1.29 is 9.90 Å². The summed E-state index contributed by atoms with van der Waals surface area (Å²) in [5.74, 6) is 0.352. The first kappa shape index (κ1) is 21.0. The Labute approximate surface area is 189 Å². The second kappa shape index (κ2) is 8.21. The number of rotatable bonds is 5. The van der Waals surface area contributed by atoms with E-state index in [2.05, 4.69) is 54.6 Å². The van der Waals surface area contributed by atoms with Gasteiger partial charge in [-0.15, -0.1) is 0 Å². The highest BCUT2D eigenvalue weighted by Gasteiger charge is 2.39. The number of fused-ring (bicyclic) bond motifs is 1. The molecule has 0 bridgehead atoms. The summed E-state index contributed by atoms with van der Waals surface area (Å²) >= 11 is 0. The van der Waals surface area contributed by atoms with Gasteiger partial charge in [-0.1, -0.05) is 36.8 Å². The second-order valence-electron chi connectivity index (χ2n) is 9.49. The monoisotopic (exact) mass is 429 g/mol. The fraction of sp³-hybridized carbons (Fsp3) is 0.407. The molecule has 1 aromatic heterocycles. The van der Waals surface area contributed by atoms with Gasteiger partial charge in [-0.05, 0) is 67.0 Å². The molecule has 3 aromatic rings. The molecular weight excluding hydrogens is 398 g/mol. The number of benzene rings is 2. The first-order chi connectivity index (χ1) is 15.4. The number of aromatic nitrogens is 2. The molecule has 0 radical (unpaired) electrons. The van der Waals surface area contributed by atoms with Gasteiger partial charge >= 0.3 is 0 Å². The molecule has 1 amide bonds.